The van der Waals surface area contributed by atoms with Crippen LogP contribution >= 0.6 is 0 Å². The van der Waals surface area contributed by atoms with Gasteiger partial charge >= 0.3 is 0 Å². The molecule has 35 heavy (non-hydrogen) atoms. The molecule has 2 aromatic rings. The Kier molecular flexibility index (Phi) is 5.61. The molecule has 4 saturated carbocycles. The van der Waals surface area contributed by atoms with E-state index in [9.17, 15) is 19.3 Å². The van der Waals surface area contributed by atoms with Gasteiger partial charge in [0.2, 0.25) is 0 Å². The number of anilines is 2. The van der Waals surface area contributed by atoms with E-state index >= 15 is 0 Å². The van der Waals surface area contributed by atoms with Crippen molar-refractivity contribution in [3.05, 3.63) is 64.0 Å². The van der Waals surface area contributed by atoms with E-state index in [1.807, 2.05) is 12.1 Å². The zero-order valence-corrected chi connectivity index (χ0v) is 19.7. The molecule has 0 spiro atoms. The Hall–Kier alpha value is -3.16. The Morgan fingerprint density at radius 1 is 0.914 bits per heavy atom. The second-order valence-corrected chi connectivity index (χ2v) is 10.8. The maximum absolute atomic E-state index is 13.2. The monoisotopic (exact) mass is 478 g/mol. The summed E-state index contributed by atoms with van der Waals surface area (Å²) >= 11 is 0. The molecule has 0 radical (unpaired) electrons. The van der Waals surface area contributed by atoms with Crippen LogP contribution in [0, 0.1) is 39.6 Å². The van der Waals surface area contributed by atoms with Gasteiger partial charge in [-0.2, -0.15) is 0 Å². The van der Waals surface area contributed by atoms with Gasteiger partial charge in [0.1, 0.15) is 11.5 Å². The number of carbonyl (C=O) groups is 1. The first-order valence-corrected chi connectivity index (χ1v) is 12.8. The molecular weight excluding hydrogens is 447 g/mol. The lowest BCUT2D eigenvalue weighted by Crippen LogP contribution is -2.51. The molecule has 1 saturated heterocycles. The number of nitrogens with zero attached hydrogens (tertiary/aromatic N) is 3. The van der Waals surface area contributed by atoms with Gasteiger partial charge < -0.3 is 15.1 Å². The quantitative estimate of drug-likeness (QED) is 0.487. The largest absolute Gasteiger partial charge is 0.376 e. The normalized spacial score (nSPS) is 29.3. The molecule has 1 N–H and O–H groups in total. The zero-order chi connectivity index (χ0) is 24.1. The Morgan fingerprint density at radius 3 is 2.14 bits per heavy atom. The van der Waals surface area contributed by atoms with Crippen LogP contribution in [0.1, 0.15) is 42.5 Å². The van der Waals surface area contributed by atoms with E-state index in [2.05, 4.69) is 10.2 Å². The van der Waals surface area contributed by atoms with Crippen LogP contribution in [0.5, 0.6) is 0 Å². The molecule has 1 aliphatic heterocycles. The van der Waals surface area contributed by atoms with Crippen molar-refractivity contribution in [2.45, 2.75) is 38.1 Å². The molecule has 184 valence electrons. The van der Waals surface area contributed by atoms with E-state index in [-0.39, 0.29) is 22.3 Å². The molecule has 5 aliphatic rings. The summed E-state index contributed by atoms with van der Waals surface area (Å²) in [6, 6.07) is 11.3. The highest BCUT2D eigenvalue weighted by molar-refractivity contribution is 5.94. The highest BCUT2D eigenvalue weighted by Gasteiger charge is 2.48. The highest BCUT2D eigenvalue weighted by atomic mass is 19.1. The summed E-state index contributed by atoms with van der Waals surface area (Å²) in [4.78, 5) is 28.3. The van der Waals surface area contributed by atoms with Crippen molar-refractivity contribution < 1.29 is 14.1 Å². The molecule has 8 heteroatoms. The maximum Gasteiger partial charge on any atom is 0.292 e. The summed E-state index contributed by atoms with van der Waals surface area (Å²) < 4.78 is 13.2. The molecule has 0 atom stereocenters. The van der Waals surface area contributed by atoms with Crippen molar-refractivity contribution in [1.82, 2.24) is 4.90 Å². The van der Waals surface area contributed by atoms with Gasteiger partial charge in [0.25, 0.3) is 11.6 Å². The zero-order valence-electron chi connectivity index (χ0n) is 19.7. The fourth-order valence-electron chi connectivity index (χ4n) is 7.28. The average molecular weight is 479 g/mol. The van der Waals surface area contributed by atoms with Gasteiger partial charge in [-0.3, -0.25) is 14.9 Å². The first-order chi connectivity index (χ1) is 16.9. The second kappa shape index (κ2) is 8.81. The molecule has 1 heterocycles. The minimum Gasteiger partial charge on any atom is -0.376 e. The lowest BCUT2D eigenvalue weighted by atomic mass is 9.54. The van der Waals surface area contributed by atoms with Crippen LogP contribution in [0.2, 0.25) is 0 Å². The SMILES string of the molecule is O=C(c1ccc(F)cc1)N1CCN(c2ccc([N+](=O)[O-])c(NC3C4CC5CC(C4)CC3C5)c2)CC1. The molecule has 1 amide bonds. The lowest BCUT2D eigenvalue weighted by molar-refractivity contribution is -0.384. The molecule has 7 nitrogen and oxygen atoms in total. The summed E-state index contributed by atoms with van der Waals surface area (Å²) in [6.45, 7) is 2.38. The lowest BCUT2D eigenvalue weighted by Gasteiger charge is -2.54. The van der Waals surface area contributed by atoms with Gasteiger partial charge in [-0.25, -0.2) is 4.39 Å². The Morgan fingerprint density at radius 2 is 1.54 bits per heavy atom. The fraction of sp³-hybridized carbons (Fsp3) is 0.519. The number of benzene rings is 2. The standard InChI is InChI=1S/C27H31FN4O3/c28-22-3-1-19(2-4-22)27(33)31-9-7-30(8-10-31)23-5-6-25(32(34)35)24(16-23)29-26-20-12-17-11-18(14-20)15-21(26)13-17/h1-6,16-18,20-21,26,29H,7-15H2. The van der Waals surface area contributed by atoms with Gasteiger partial charge in [0.05, 0.1) is 4.92 Å². The highest BCUT2D eigenvalue weighted by Crippen LogP contribution is 2.54. The fourth-order valence-corrected chi connectivity index (χ4v) is 7.28. The van der Waals surface area contributed by atoms with Crippen LogP contribution in [-0.2, 0) is 0 Å². The van der Waals surface area contributed by atoms with E-state index in [1.54, 1.807) is 11.0 Å². The van der Waals surface area contributed by atoms with Crippen LogP contribution in [0.3, 0.4) is 0 Å². The van der Waals surface area contributed by atoms with Gasteiger partial charge in [0, 0.05) is 49.5 Å². The number of piperazine rings is 1. The molecular formula is C27H31FN4O3. The Balaban J connectivity index is 1.16. The van der Waals surface area contributed by atoms with E-state index in [4.69, 9.17) is 0 Å². The number of rotatable bonds is 5. The second-order valence-electron chi connectivity index (χ2n) is 10.8. The van der Waals surface area contributed by atoms with Crippen LogP contribution in [-0.4, -0.2) is 48.0 Å². The third-order valence-electron chi connectivity index (χ3n) is 8.75. The van der Waals surface area contributed by atoms with Crippen molar-refractivity contribution in [1.29, 1.82) is 0 Å². The third-order valence-corrected chi connectivity index (χ3v) is 8.75. The minimum atomic E-state index is -0.359. The number of hydrogen-bond donors (Lipinski definition) is 1. The summed E-state index contributed by atoms with van der Waals surface area (Å²) in [7, 11) is 0. The predicted molar refractivity (Wildman–Crippen MR) is 132 cm³/mol. The van der Waals surface area contributed by atoms with Crippen molar-refractivity contribution in [3.63, 3.8) is 0 Å². The number of nitrogens with one attached hydrogen (secondary N) is 1. The topological polar surface area (TPSA) is 78.7 Å². The smallest absolute Gasteiger partial charge is 0.292 e. The molecule has 0 aromatic heterocycles. The van der Waals surface area contributed by atoms with Crippen molar-refractivity contribution in [2.24, 2.45) is 23.7 Å². The number of hydrogen-bond acceptors (Lipinski definition) is 5. The molecule has 0 unspecified atom stereocenters. The average Bonchev–Trinajstić information content (AvgIpc) is 2.86. The summed E-state index contributed by atoms with van der Waals surface area (Å²) in [5.74, 6) is 2.49. The Bertz CT molecular complexity index is 1100. The first kappa shape index (κ1) is 22.3. The van der Waals surface area contributed by atoms with Crippen molar-refractivity contribution >= 4 is 23.0 Å². The van der Waals surface area contributed by atoms with E-state index in [1.165, 1.54) is 56.4 Å². The summed E-state index contributed by atoms with van der Waals surface area (Å²) in [6.07, 6.45) is 6.39. The van der Waals surface area contributed by atoms with Crippen molar-refractivity contribution in [3.8, 4) is 0 Å². The van der Waals surface area contributed by atoms with E-state index < -0.39 is 0 Å². The third kappa shape index (κ3) is 4.23. The molecule has 7 rings (SSSR count). The number of carbonyl (C=O) groups excluding carboxylic acids is 1. The summed E-state index contributed by atoms with van der Waals surface area (Å²) in [5.41, 5.74) is 2.18. The van der Waals surface area contributed by atoms with Crippen LogP contribution in [0.25, 0.3) is 0 Å². The van der Waals surface area contributed by atoms with Crippen LogP contribution in [0.15, 0.2) is 42.5 Å². The molecule has 4 aliphatic carbocycles. The molecule has 4 bridgehead atoms. The molecule has 2 aromatic carbocycles. The van der Waals surface area contributed by atoms with Gasteiger partial charge in [0.15, 0.2) is 0 Å². The number of amides is 1. The van der Waals surface area contributed by atoms with Crippen molar-refractivity contribution in [2.75, 3.05) is 36.4 Å². The van der Waals surface area contributed by atoms with E-state index in [0.717, 1.165) is 17.5 Å². The van der Waals surface area contributed by atoms with Gasteiger partial charge in [-0.1, -0.05) is 0 Å². The van der Waals surface area contributed by atoms with Gasteiger partial charge in [-0.05, 0) is 92.2 Å². The van der Waals surface area contributed by atoms with E-state index in [0.29, 0.717) is 55.3 Å². The first-order valence-electron chi connectivity index (χ1n) is 12.8. The Labute approximate surface area is 204 Å². The summed E-state index contributed by atoms with van der Waals surface area (Å²) in [5, 5.41) is 15.5. The molecule has 5 fully saturated rings. The van der Waals surface area contributed by atoms with Gasteiger partial charge in [-0.15, -0.1) is 0 Å². The number of halogens is 1. The van der Waals surface area contributed by atoms with Crippen LogP contribution in [0.4, 0.5) is 21.5 Å². The predicted octanol–water partition coefficient (Wildman–Crippen LogP) is 4.93. The number of nitro benzene ring substituents is 1. The minimum absolute atomic E-state index is 0.0995. The number of nitro groups is 1. The van der Waals surface area contributed by atoms with Crippen LogP contribution < -0.4 is 10.2 Å². The maximum atomic E-state index is 13.2.